The number of halogens is 1. The molecule has 1 aromatic rings. The third-order valence-electron chi connectivity index (χ3n) is 4.09. The van der Waals surface area contributed by atoms with Gasteiger partial charge in [-0.1, -0.05) is 23.7 Å². The Bertz CT molecular complexity index is 548. The molecule has 21 heavy (non-hydrogen) atoms. The monoisotopic (exact) mass is 305 g/mol. The van der Waals surface area contributed by atoms with Gasteiger partial charge in [0.15, 0.2) is 5.76 Å². The first kappa shape index (κ1) is 14.5. The third-order valence-corrected chi connectivity index (χ3v) is 4.34. The highest BCUT2D eigenvalue weighted by molar-refractivity contribution is 6.30. The maximum Gasteiger partial charge on any atom is 0.289 e. The predicted octanol–water partition coefficient (Wildman–Crippen LogP) is 4.09. The predicted molar refractivity (Wildman–Crippen MR) is 83.0 cm³/mol. The molecule has 1 aliphatic heterocycles. The van der Waals surface area contributed by atoms with E-state index in [0.29, 0.717) is 23.4 Å². The van der Waals surface area contributed by atoms with Crippen molar-refractivity contribution >= 4 is 17.5 Å². The van der Waals surface area contributed by atoms with Gasteiger partial charge in [-0.05, 0) is 56.4 Å². The van der Waals surface area contributed by atoms with E-state index in [1.807, 2.05) is 35.2 Å². The SMILES string of the molecule is C[C@@H](c1ccc(Cl)cc1)N(C(=O)C1=CCCCO1)C1CC1. The van der Waals surface area contributed by atoms with E-state index in [2.05, 4.69) is 6.92 Å². The molecule has 1 fully saturated rings. The summed E-state index contributed by atoms with van der Waals surface area (Å²) in [6, 6.07) is 8.11. The highest BCUT2D eigenvalue weighted by Crippen LogP contribution is 2.36. The Labute approximate surface area is 130 Å². The molecule has 0 aromatic heterocycles. The fourth-order valence-corrected chi connectivity index (χ4v) is 2.87. The molecule has 0 spiro atoms. The Morgan fingerprint density at radius 2 is 2.05 bits per heavy atom. The van der Waals surface area contributed by atoms with Crippen molar-refractivity contribution in [1.82, 2.24) is 4.90 Å². The number of hydrogen-bond acceptors (Lipinski definition) is 2. The number of carbonyl (C=O) groups is 1. The molecule has 3 nitrogen and oxygen atoms in total. The Hall–Kier alpha value is -1.48. The number of carbonyl (C=O) groups excluding carboxylic acids is 1. The molecule has 0 bridgehead atoms. The zero-order valence-electron chi connectivity index (χ0n) is 12.2. The lowest BCUT2D eigenvalue weighted by atomic mass is 10.1. The van der Waals surface area contributed by atoms with Gasteiger partial charge in [0, 0.05) is 11.1 Å². The zero-order valence-corrected chi connectivity index (χ0v) is 13.0. The van der Waals surface area contributed by atoms with Gasteiger partial charge < -0.3 is 9.64 Å². The molecule has 4 heteroatoms. The van der Waals surface area contributed by atoms with Gasteiger partial charge in [0.2, 0.25) is 0 Å². The maximum absolute atomic E-state index is 12.8. The second-order valence-corrected chi connectivity index (χ2v) is 6.17. The molecule has 0 unspecified atom stereocenters. The second-order valence-electron chi connectivity index (χ2n) is 5.73. The van der Waals surface area contributed by atoms with Crippen LogP contribution in [0.4, 0.5) is 0 Å². The molecule has 1 amide bonds. The molecule has 1 atom stereocenters. The van der Waals surface area contributed by atoms with E-state index >= 15 is 0 Å². The van der Waals surface area contributed by atoms with Crippen LogP contribution in [0.25, 0.3) is 0 Å². The Morgan fingerprint density at radius 3 is 2.62 bits per heavy atom. The van der Waals surface area contributed by atoms with Crippen LogP contribution in [0, 0.1) is 0 Å². The second kappa shape index (κ2) is 6.10. The summed E-state index contributed by atoms with van der Waals surface area (Å²) < 4.78 is 5.55. The van der Waals surface area contributed by atoms with Gasteiger partial charge in [0.25, 0.3) is 5.91 Å². The number of ether oxygens (including phenoxy) is 1. The van der Waals surface area contributed by atoms with Gasteiger partial charge in [0.05, 0.1) is 12.6 Å². The van der Waals surface area contributed by atoms with Crippen molar-refractivity contribution in [2.45, 2.75) is 44.7 Å². The van der Waals surface area contributed by atoms with Gasteiger partial charge in [-0.25, -0.2) is 0 Å². The molecular weight excluding hydrogens is 286 g/mol. The minimum Gasteiger partial charge on any atom is -0.488 e. The number of hydrogen-bond donors (Lipinski definition) is 0. The van der Waals surface area contributed by atoms with Crippen molar-refractivity contribution in [1.29, 1.82) is 0 Å². The summed E-state index contributed by atoms with van der Waals surface area (Å²) in [7, 11) is 0. The molecule has 1 saturated carbocycles. The van der Waals surface area contributed by atoms with Crippen LogP contribution < -0.4 is 0 Å². The number of allylic oxidation sites excluding steroid dienone is 1. The first-order valence-electron chi connectivity index (χ1n) is 7.58. The summed E-state index contributed by atoms with van der Waals surface area (Å²) in [6.45, 7) is 2.72. The molecule has 0 radical (unpaired) electrons. The fourth-order valence-electron chi connectivity index (χ4n) is 2.75. The van der Waals surface area contributed by atoms with Crippen molar-refractivity contribution in [3.05, 3.63) is 46.7 Å². The highest BCUT2D eigenvalue weighted by atomic mass is 35.5. The first-order valence-corrected chi connectivity index (χ1v) is 7.95. The van der Waals surface area contributed by atoms with Crippen LogP contribution in [-0.4, -0.2) is 23.5 Å². The molecule has 0 saturated heterocycles. The minimum absolute atomic E-state index is 0.0275. The summed E-state index contributed by atoms with van der Waals surface area (Å²) in [5.41, 5.74) is 1.11. The number of amides is 1. The summed E-state index contributed by atoms with van der Waals surface area (Å²) in [4.78, 5) is 14.7. The quantitative estimate of drug-likeness (QED) is 0.838. The average molecular weight is 306 g/mol. The number of nitrogens with zero attached hydrogens (tertiary/aromatic N) is 1. The van der Waals surface area contributed by atoms with Gasteiger partial charge in [-0.15, -0.1) is 0 Å². The topological polar surface area (TPSA) is 29.5 Å². The summed E-state index contributed by atoms with van der Waals surface area (Å²) in [6.07, 6.45) is 6.01. The smallest absolute Gasteiger partial charge is 0.289 e. The van der Waals surface area contributed by atoms with Crippen molar-refractivity contribution in [3.63, 3.8) is 0 Å². The highest BCUT2D eigenvalue weighted by Gasteiger charge is 2.38. The van der Waals surface area contributed by atoms with Crippen LogP contribution in [0.1, 0.15) is 44.2 Å². The van der Waals surface area contributed by atoms with Crippen molar-refractivity contribution in [2.24, 2.45) is 0 Å². The van der Waals surface area contributed by atoms with Crippen molar-refractivity contribution in [2.75, 3.05) is 6.61 Å². The lowest BCUT2D eigenvalue weighted by molar-refractivity contribution is -0.134. The summed E-state index contributed by atoms with van der Waals surface area (Å²) >= 11 is 5.95. The van der Waals surface area contributed by atoms with Gasteiger partial charge in [0.1, 0.15) is 0 Å². The molecule has 2 aliphatic rings. The molecule has 1 aliphatic carbocycles. The first-order chi connectivity index (χ1) is 10.2. The van der Waals surface area contributed by atoms with Crippen LogP contribution >= 0.6 is 11.6 Å². The lowest BCUT2D eigenvalue weighted by Crippen LogP contribution is -2.37. The van der Waals surface area contributed by atoms with E-state index in [9.17, 15) is 4.79 Å². The van der Waals surface area contributed by atoms with E-state index in [1.165, 1.54) is 0 Å². The summed E-state index contributed by atoms with van der Waals surface area (Å²) in [5, 5.41) is 0.716. The molecule has 1 aromatic carbocycles. The maximum atomic E-state index is 12.8. The van der Waals surface area contributed by atoms with Crippen LogP contribution in [0.3, 0.4) is 0 Å². The number of benzene rings is 1. The molecular formula is C17H20ClNO2. The third kappa shape index (κ3) is 3.24. The molecule has 1 heterocycles. The standard InChI is InChI=1S/C17H20ClNO2/c1-12(13-5-7-14(18)8-6-13)19(15-9-10-15)17(20)16-4-2-3-11-21-16/h4-8,12,15H,2-3,9-11H2,1H3/t12-/m0/s1. The Balaban J connectivity index is 1.82. The average Bonchev–Trinajstić information content (AvgIpc) is 3.33. The number of rotatable bonds is 4. The fraction of sp³-hybridized carbons (Fsp3) is 0.471. The minimum atomic E-state index is 0.0275. The van der Waals surface area contributed by atoms with Gasteiger partial charge in [-0.3, -0.25) is 4.79 Å². The van der Waals surface area contributed by atoms with Crippen molar-refractivity contribution in [3.8, 4) is 0 Å². The van der Waals surface area contributed by atoms with Crippen LogP contribution in [0.15, 0.2) is 36.1 Å². The largest absolute Gasteiger partial charge is 0.488 e. The molecule has 3 rings (SSSR count). The van der Waals surface area contributed by atoms with Crippen LogP contribution in [0.2, 0.25) is 5.02 Å². The normalized spacial score (nSPS) is 19.4. The lowest BCUT2D eigenvalue weighted by Gasteiger charge is -2.31. The Kier molecular flexibility index (Phi) is 4.20. The summed E-state index contributed by atoms with van der Waals surface area (Å²) in [5.74, 6) is 0.550. The Morgan fingerprint density at radius 1 is 1.33 bits per heavy atom. The van der Waals surface area contributed by atoms with Crippen LogP contribution in [-0.2, 0) is 9.53 Å². The van der Waals surface area contributed by atoms with E-state index in [-0.39, 0.29) is 11.9 Å². The molecule has 0 N–H and O–H groups in total. The van der Waals surface area contributed by atoms with Gasteiger partial charge in [-0.2, -0.15) is 0 Å². The van der Waals surface area contributed by atoms with Crippen LogP contribution in [0.5, 0.6) is 0 Å². The van der Waals surface area contributed by atoms with E-state index in [4.69, 9.17) is 16.3 Å². The van der Waals surface area contributed by atoms with Gasteiger partial charge >= 0.3 is 0 Å². The molecule has 112 valence electrons. The van der Waals surface area contributed by atoms with Crippen molar-refractivity contribution < 1.29 is 9.53 Å². The van der Waals surface area contributed by atoms with E-state index < -0.39 is 0 Å². The van der Waals surface area contributed by atoms with E-state index in [1.54, 1.807) is 0 Å². The zero-order chi connectivity index (χ0) is 14.8. The van der Waals surface area contributed by atoms with E-state index in [0.717, 1.165) is 31.2 Å².